The molecule has 0 spiro atoms. The monoisotopic (exact) mass is 250 g/mol. The first-order valence-electron chi connectivity index (χ1n) is 6.06. The molecule has 1 aromatic carbocycles. The lowest BCUT2D eigenvalue weighted by molar-refractivity contribution is 0.560. The van der Waals surface area contributed by atoms with Crippen molar-refractivity contribution in [3.63, 3.8) is 0 Å². The quantitative estimate of drug-likeness (QED) is 0.736. The normalized spacial score (nSPS) is 16.9. The van der Waals surface area contributed by atoms with Crippen LogP contribution in [0.5, 0.6) is 0 Å². The third-order valence-electron chi connectivity index (χ3n) is 2.87. The molecule has 0 radical (unpaired) electrons. The maximum Gasteiger partial charge on any atom is 0.109 e. The number of rotatable bonds is 1. The Labute approximate surface area is 108 Å². The number of anilines is 1. The third kappa shape index (κ3) is 2.81. The van der Waals surface area contributed by atoms with Crippen molar-refractivity contribution in [3.05, 3.63) is 29.3 Å². The second-order valence-corrected chi connectivity index (χ2v) is 5.87. The lowest BCUT2D eigenvalue weighted by atomic mass is 9.92. The Kier molecular flexibility index (Phi) is 3.43. The average molecular weight is 251 g/mol. The van der Waals surface area contributed by atoms with Gasteiger partial charge in [-0.2, -0.15) is 0 Å². The van der Waals surface area contributed by atoms with Crippen molar-refractivity contribution in [2.24, 2.45) is 10.4 Å². The molecule has 0 bridgehead atoms. The Bertz CT molecular complexity index is 415. The van der Waals surface area contributed by atoms with Gasteiger partial charge in [0.25, 0.3) is 0 Å². The van der Waals surface area contributed by atoms with Crippen molar-refractivity contribution >= 4 is 23.1 Å². The SMILES string of the molecule is CC(C)(C)C1=NCCCN1c1ccc(Cl)cc1. The average Bonchev–Trinajstić information content (AvgIpc) is 2.29. The van der Waals surface area contributed by atoms with Crippen molar-refractivity contribution in [2.45, 2.75) is 27.2 Å². The first-order chi connectivity index (χ1) is 7.98. The van der Waals surface area contributed by atoms with Gasteiger partial charge in [-0.3, -0.25) is 4.99 Å². The molecule has 3 heteroatoms. The van der Waals surface area contributed by atoms with E-state index in [1.165, 1.54) is 11.5 Å². The standard InChI is InChI=1S/C14H19ClN2/c1-14(2,3)13-16-9-4-10-17(13)12-7-5-11(15)6-8-12/h5-8H,4,9-10H2,1-3H3. The first kappa shape index (κ1) is 12.4. The zero-order chi connectivity index (χ0) is 12.5. The molecular formula is C14H19ClN2. The Morgan fingerprint density at radius 1 is 1.18 bits per heavy atom. The van der Waals surface area contributed by atoms with Crippen LogP contribution >= 0.6 is 11.6 Å². The molecular weight excluding hydrogens is 232 g/mol. The molecule has 1 aliphatic heterocycles. The summed E-state index contributed by atoms with van der Waals surface area (Å²) in [5.41, 5.74) is 1.27. The Hall–Kier alpha value is -1.02. The summed E-state index contributed by atoms with van der Waals surface area (Å²) in [6.45, 7) is 8.61. The number of amidine groups is 1. The molecule has 2 nitrogen and oxygen atoms in total. The zero-order valence-electron chi connectivity index (χ0n) is 10.7. The third-order valence-corrected chi connectivity index (χ3v) is 3.12. The van der Waals surface area contributed by atoms with E-state index in [0.29, 0.717) is 0 Å². The Morgan fingerprint density at radius 3 is 2.41 bits per heavy atom. The van der Waals surface area contributed by atoms with Gasteiger partial charge in [0, 0.05) is 29.2 Å². The van der Waals surface area contributed by atoms with Gasteiger partial charge in [0.05, 0.1) is 0 Å². The summed E-state index contributed by atoms with van der Waals surface area (Å²) in [7, 11) is 0. The largest absolute Gasteiger partial charge is 0.330 e. The maximum absolute atomic E-state index is 5.93. The lowest BCUT2D eigenvalue weighted by Crippen LogP contribution is -2.43. The Morgan fingerprint density at radius 2 is 1.82 bits per heavy atom. The minimum Gasteiger partial charge on any atom is -0.330 e. The highest BCUT2D eigenvalue weighted by molar-refractivity contribution is 6.30. The van der Waals surface area contributed by atoms with E-state index in [4.69, 9.17) is 16.6 Å². The second kappa shape index (κ2) is 4.69. The topological polar surface area (TPSA) is 15.6 Å². The molecule has 1 aromatic rings. The highest BCUT2D eigenvalue weighted by atomic mass is 35.5. The van der Waals surface area contributed by atoms with Gasteiger partial charge in [0.1, 0.15) is 5.84 Å². The van der Waals surface area contributed by atoms with E-state index in [1.54, 1.807) is 0 Å². The number of benzene rings is 1. The maximum atomic E-state index is 5.93. The number of halogens is 1. The fourth-order valence-electron chi connectivity index (χ4n) is 2.12. The van der Waals surface area contributed by atoms with Crippen LogP contribution in [0.3, 0.4) is 0 Å². The molecule has 0 amide bonds. The molecule has 0 N–H and O–H groups in total. The van der Waals surface area contributed by atoms with Crippen LogP contribution in [-0.2, 0) is 0 Å². The van der Waals surface area contributed by atoms with E-state index in [1.807, 2.05) is 12.1 Å². The van der Waals surface area contributed by atoms with Gasteiger partial charge in [-0.15, -0.1) is 0 Å². The fraction of sp³-hybridized carbons (Fsp3) is 0.500. The predicted octanol–water partition coefficient (Wildman–Crippen LogP) is 3.99. The van der Waals surface area contributed by atoms with Gasteiger partial charge in [0.2, 0.25) is 0 Å². The number of hydrogen-bond donors (Lipinski definition) is 0. The number of nitrogens with zero attached hydrogens (tertiary/aromatic N) is 2. The van der Waals surface area contributed by atoms with E-state index in [-0.39, 0.29) is 5.41 Å². The molecule has 0 fully saturated rings. The van der Waals surface area contributed by atoms with Gasteiger partial charge in [-0.1, -0.05) is 32.4 Å². The minimum atomic E-state index is 0.0834. The summed E-state index contributed by atoms with van der Waals surface area (Å²) >= 11 is 5.93. The van der Waals surface area contributed by atoms with Crippen LogP contribution < -0.4 is 4.90 Å². The van der Waals surface area contributed by atoms with Crippen molar-refractivity contribution in [1.82, 2.24) is 0 Å². The molecule has 17 heavy (non-hydrogen) atoms. The van der Waals surface area contributed by atoms with Crippen LogP contribution in [0.25, 0.3) is 0 Å². The zero-order valence-corrected chi connectivity index (χ0v) is 11.5. The van der Waals surface area contributed by atoms with Crippen LogP contribution in [0.15, 0.2) is 29.3 Å². The lowest BCUT2D eigenvalue weighted by Gasteiger charge is -2.36. The summed E-state index contributed by atoms with van der Waals surface area (Å²) in [4.78, 5) is 7.00. The fourth-order valence-corrected chi connectivity index (χ4v) is 2.25. The first-order valence-corrected chi connectivity index (χ1v) is 6.44. The number of aliphatic imine (C=N–C) groups is 1. The molecule has 0 saturated heterocycles. The summed E-state index contributed by atoms with van der Waals surface area (Å²) in [6, 6.07) is 8.00. The van der Waals surface area contributed by atoms with Crippen molar-refractivity contribution < 1.29 is 0 Å². The highest BCUT2D eigenvalue weighted by Crippen LogP contribution is 2.27. The van der Waals surface area contributed by atoms with Gasteiger partial charge in [-0.05, 0) is 30.7 Å². The number of hydrogen-bond acceptors (Lipinski definition) is 2. The van der Waals surface area contributed by atoms with E-state index < -0.39 is 0 Å². The summed E-state index contributed by atoms with van der Waals surface area (Å²) in [6.07, 6.45) is 1.11. The van der Waals surface area contributed by atoms with E-state index >= 15 is 0 Å². The second-order valence-electron chi connectivity index (χ2n) is 5.44. The molecule has 92 valence electrons. The van der Waals surface area contributed by atoms with Crippen molar-refractivity contribution in [3.8, 4) is 0 Å². The summed E-state index contributed by atoms with van der Waals surface area (Å²) in [5.74, 6) is 1.17. The highest BCUT2D eigenvalue weighted by Gasteiger charge is 2.27. The smallest absolute Gasteiger partial charge is 0.109 e. The van der Waals surface area contributed by atoms with Gasteiger partial charge in [0.15, 0.2) is 0 Å². The molecule has 1 heterocycles. The molecule has 0 unspecified atom stereocenters. The van der Waals surface area contributed by atoms with E-state index in [9.17, 15) is 0 Å². The molecule has 0 atom stereocenters. The molecule has 0 saturated carbocycles. The van der Waals surface area contributed by atoms with Gasteiger partial charge in [-0.25, -0.2) is 0 Å². The van der Waals surface area contributed by atoms with Crippen LogP contribution in [0, 0.1) is 5.41 Å². The van der Waals surface area contributed by atoms with Gasteiger partial charge >= 0.3 is 0 Å². The minimum absolute atomic E-state index is 0.0834. The summed E-state index contributed by atoms with van der Waals surface area (Å²) in [5, 5.41) is 0.778. The molecule has 0 aliphatic carbocycles. The van der Waals surface area contributed by atoms with E-state index in [0.717, 1.165) is 24.5 Å². The van der Waals surface area contributed by atoms with Crippen LogP contribution in [0.4, 0.5) is 5.69 Å². The van der Waals surface area contributed by atoms with Gasteiger partial charge < -0.3 is 4.90 Å². The summed E-state index contributed by atoms with van der Waals surface area (Å²) < 4.78 is 0. The Balaban J connectivity index is 2.33. The molecule has 2 rings (SSSR count). The van der Waals surface area contributed by atoms with Crippen LogP contribution in [-0.4, -0.2) is 18.9 Å². The van der Waals surface area contributed by atoms with Crippen molar-refractivity contribution in [2.75, 3.05) is 18.0 Å². The van der Waals surface area contributed by atoms with E-state index in [2.05, 4.69) is 37.8 Å². The molecule has 1 aliphatic rings. The molecule has 0 aromatic heterocycles. The predicted molar refractivity (Wildman–Crippen MR) is 75.2 cm³/mol. The van der Waals surface area contributed by atoms with Crippen molar-refractivity contribution in [1.29, 1.82) is 0 Å². The van der Waals surface area contributed by atoms with Crippen LogP contribution in [0.1, 0.15) is 27.2 Å². The van der Waals surface area contributed by atoms with Crippen LogP contribution in [0.2, 0.25) is 5.02 Å².